The molecule has 0 aliphatic carbocycles. The van der Waals surface area contributed by atoms with Gasteiger partial charge in [-0.3, -0.25) is 9.20 Å². The highest BCUT2D eigenvalue weighted by atomic mass is 79.9. The smallest absolute Gasteiger partial charge is 0.168 e. The van der Waals surface area contributed by atoms with Gasteiger partial charge in [0.1, 0.15) is 11.3 Å². The fourth-order valence-corrected chi connectivity index (χ4v) is 2.43. The third kappa shape index (κ3) is 1.78. The van der Waals surface area contributed by atoms with Crippen molar-refractivity contribution in [3.05, 3.63) is 33.7 Å². The molecular formula is C12H13BrN2O. The van der Waals surface area contributed by atoms with Crippen molar-refractivity contribution >= 4 is 27.9 Å². The molecule has 16 heavy (non-hydrogen) atoms. The quantitative estimate of drug-likeness (QED) is 0.810. The highest BCUT2D eigenvalue weighted by molar-refractivity contribution is 9.10. The van der Waals surface area contributed by atoms with Crippen LogP contribution >= 0.6 is 15.9 Å². The van der Waals surface area contributed by atoms with Crippen LogP contribution in [0.25, 0.3) is 5.65 Å². The van der Waals surface area contributed by atoms with Crippen molar-refractivity contribution in [2.75, 3.05) is 0 Å². The predicted molar refractivity (Wildman–Crippen MR) is 67.0 cm³/mol. The number of halogens is 1. The van der Waals surface area contributed by atoms with Crippen molar-refractivity contribution in [1.29, 1.82) is 0 Å². The lowest BCUT2D eigenvalue weighted by Crippen LogP contribution is -1.95. The molecule has 0 aromatic carbocycles. The molecule has 0 N–H and O–H groups in total. The van der Waals surface area contributed by atoms with E-state index in [9.17, 15) is 4.79 Å². The van der Waals surface area contributed by atoms with Crippen LogP contribution in [0.5, 0.6) is 0 Å². The molecule has 0 atom stereocenters. The zero-order valence-corrected chi connectivity index (χ0v) is 10.9. The highest BCUT2D eigenvalue weighted by Crippen LogP contribution is 2.20. The molecule has 84 valence electrons. The number of fused-ring (bicyclic) bond motifs is 1. The molecule has 2 rings (SSSR count). The molecule has 0 saturated heterocycles. The summed E-state index contributed by atoms with van der Waals surface area (Å²) >= 11 is 3.43. The molecule has 4 heteroatoms. The Hall–Kier alpha value is -1.16. The minimum absolute atomic E-state index is 0.668. The Bertz CT molecular complexity index is 545. The fourth-order valence-electron chi connectivity index (χ4n) is 1.88. The summed E-state index contributed by atoms with van der Waals surface area (Å²) in [5.41, 5.74) is 3.49. The monoisotopic (exact) mass is 280 g/mol. The molecule has 2 aromatic rings. The van der Waals surface area contributed by atoms with Gasteiger partial charge in [0.2, 0.25) is 0 Å². The molecule has 2 aromatic heterocycles. The predicted octanol–water partition coefficient (Wildman–Crippen LogP) is 3.17. The molecule has 2 heterocycles. The number of carbonyl (C=O) groups is 1. The second kappa shape index (κ2) is 4.37. The molecule has 0 unspecified atom stereocenters. The van der Waals surface area contributed by atoms with Crippen LogP contribution in [0.1, 0.15) is 35.1 Å². The highest BCUT2D eigenvalue weighted by Gasteiger charge is 2.12. The van der Waals surface area contributed by atoms with E-state index in [1.54, 1.807) is 0 Å². The van der Waals surface area contributed by atoms with E-state index in [-0.39, 0.29) is 0 Å². The maximum atomic E-state index is 11.1. The first-order chi connectivity index (χ1) is 7.67. The number of aromatic nitrogens is 2. The molecular weight excluding hydrogens is 268 g/mol. The first-order valence-electron chi connectivity index (χ1n) is 5.29. The molecule has 0 aliphatic rings. The van der Waals surface area contributed by atoms with Crippen LogP contribution in [-0.4, -0.2) is 15.7 Å². The number of hydrogen-bond donors (Lipinski definition) is 0. The summed E-state index contributed by atoms with van der Waals surface area (Å²) in [4.78, 5) is 15.6. The van der Waals surface area contributed by atoms with Crippen molar-refractivity contribution in [3.8, 4) is 0 Å². The summed E-state index contributed by atoms with van der Waals surface area (Å²) in [6, 6.07) is 2.01. The van der Waals surface area contributed by atoms with Crippen LogP contribution in [0.3, 0.4) is 0 Å². The topological polar surface area (TPSA) is 34.4 Å². The van der Waals surface area contributed by atoms with Crippen molar-refractivity contribution < 1.29 is 4.79 Å². The van der Waals surface area contributed by atoms with Gasteiger partial charge >= 0.3 is 0 Å². The molecule has 0 spiro atoms. The number of carbonyl (C=O) groups excluding carboxylic acids is 1. The zero-order chi connectivity index (χ0) is 11.7. The van der Waals surface area contributed by atoms with Gasteiger partial charge in [0.25, 0.3) is 0 Å². The summed E-state index contributed by atoms with van der Waals surface area (Å²) < 4.78 is 2.82. The molecule has 0 aliphatic heterocycles. The van der Waals surface area contributed by atoms with Gasteiger partial charge in [0.15, 0.2) is 6.29 Å². The summed E-state index contributed by atoms with van der Waals surface area (Å²) in [6.07, 6.45) is 4.60. The molecule has 0 saturated carbocycles. The zero-order valence-electron chi connectivity index (χ0n) is 9.33. The van der Waals surface area contributed by atoms with E-state index in [0.29, 0.717) is 5.69 Å². The van der Waals surface area contributed by atoms with Crippen LogP contribution < -0.4 is 0 Å². The summed E-state index contributed by atoms with van der Waals surface area (Å²) in [7, 11) is 0. The Morgan fingerprint density at radius 3 is 2.94 bits per heavy atom. The number of aldehydes is 1. The largest absolute Gasteiger partial charge is 0.296 e. The third-order valence-electron chi connectivity index (χ3n) is 2.58. The van der Waals surface area contributed by atoms with Gasteiger partial charge in [-0.1, -0.05) is 13.3 Å². The second-order valence-corrected chi connectivity index (χ2v) is 4.76. The standard InChI is InChI=1S/C12H13BrN2O/c1-3-4-10-11(7-16)15-6-9(13)5-8(2)12(15)14-10/h5-7H,3-4H2,1-2H3. The van der Waals surface area contributed by atoms with Crippen molar-refractivity contribution in [2.24, 2.45) is 0 Å². The van der Waals surface area contributed by atoms with Gasteiger partial charge in [-0.15, -0.1) is 0 Å². The van der Waals surface area contributed by atoms with E-state index in [4.69, 9.17) is 0 Å². The second-order valence-electron chi connectivity index (χ2n) is 3.85. The number of hydrogen-bond acceptors (Lipinski definition) is 2. The van der Waals surface area contributed by atoms with Crippen molar-refractivity contribution in [3.63, 3.8) is 0 Å². The average molecular weight is 281 g/mol. The van der Waals surface area contributed by atoms with Gasteiger partial charge in [-0.25, -0.2) is 4.98 Å². The van der Waals surface area contributed by atoms with Gasteiger partial charge in [0.05, 0.1) is 5.69 Å². The average Bonchev–Trinajstić information content (AvgIpc) is 2.56. The minimum atomic E-state index is 0.668. The Balaban J connectivity index is 2.76. The van der Waals surface area contributed by atoms with Crippen LogP contribution in [0.15, 0.2) is 16.7 Å². The van der Waals surface area contributed by atoms with Gasteiger partial charge in [0, 0.05) is 10.7 Å². The number of pyridine rings is 1. The Morgan fingerprint density at radius 1 is 1.56 bits per heavy atom. The van der Waals surface area contributed by atoms with Crippen LogP contribution in [0.2, 0.25) is 0 Å². The van der Waals surface area contributed by atoms with E-state index < -0.39 is 0 Å². The van der Waals surface area contributed by atoms with Crippen LogP contribution in [-0.2, 0) is 6.42 Å². The maximum Gasteiger partial charge on any atom is 0.168 e. The number of nitrogens with zero attached hydrogens (tertiary/aromatic N) is 2. The number of aryl methyl sites for hydroxylation is 2. The van der Waals surface area contributed by atoms with E-state index in [0.717, 1.165) is 40.5 Å². The lowest BCUT2D eigenvalue weighted by Gasteiger charge is -2.00. The minimum Gasteiger partial charge on any atom is -0.296 e. The van der Waals surface area contributed by atoms with Crippen LogP contribution in [0.4, 0.5) is 0 Å². The lowest BCUT2D eigenvalue weighted by molar-refractivity contribution is 0.111. The molecule has 3 nitrogen and oxygen atoms in total. The lowest BCUT2D eigenvalue weighted by atomic mass is 10.2. The van der Waals surface area contributed by atoms with Gasteiger partial charge in [-0.2, -0.15) is 0 Å². The Labute approximate surface area is 103 Å². The van der Waals surface area contributed by atoms with E-state index in [1.807, 2.05) is 23.6 Å². The first kappa shape index (κ1) is 11.3. The first-order valence-corrected chi connectivity index (χ1v) is 6.09. The summed E-state index contributed by atoms with van der Waals surface area (Å²) in [5, 5.41) is 0. The SMILES string of the molecule is CCCc1nc2c(C)cc(Br)cn2c1C=O. The maximum absolute atomic E-state index is 11.1. The van der Waals surface area contributed by atoms with Crippen LogP contribution in [0, 0.1) is 6.92 Å². The van der Waals surface area contributed by atoms with Crippen molar-refractivity contribution in [1.82, 2.24) is 9.38 Å². The normalized spacial score (nSPS) is 10.9. The molecule has 0 amide bonds. The summed E-state index contributed by atoms with van der Waals surface area (Å²) in [6.45, 7) is 4.08. The Kier molecular flexibility index (Phi) is 3.10. The Morgan fingerprint density at radius 2 is 2.31 bits per heavy atom. The van der Waals surface area contributed by atoms with E-state index >= 15 is 0 Å². The number of rotatable bonds is 3. The number of imidazole rings is 1. The third-order valence-corrected chi connectivity index (χ3v) is 3.02. The molecule has 0 bridgehead atoms. The molecule has 0 fully saturated rings. The van der Waals surface area contributed by atoms with E-state index in [2.05, 4.69) is 27.8 Å². The van der Waals surface area contributed by atoms with Gasteiger partial charge in [-0.05, 0) is 40.9 Å². The van der Waals surface area contributed by atoms with Crippen molar-refractivity contribution in [2.45, 2.75) is 26.7 Å². The van der Waals surface area contributed by atoms with Gasteiger partial charge < -0.3 is 0 Å². The summed E-state index contributed by atoms with van der Waals surface area (Å²) in [5.74, 6) is 0. The molecule has 0 radical (unpaired) electrons. The van der Waals surface area contributed by atoms with E-state index in [1.165, 1.54) is 0 Å². The fraction of sp³-hybridized carbons (Fsp3) is 0.333.